The van der Waals surface area contributed by atoms with Gasteiger partial charge in [-0.05, 0) is 31.5 Å². The molecule has 23 heavy (non-hydrogen) atoms. The summed E-state index contributed by atoms with van der Waals surface area (Å²) >= 11 is 7.58. The molecule has 2 amide bonds. The summed E-state index contributed by atoms with van der Waals surface area (Å²) in [4.78, 5) is 29.3. The van der Waals surface area contributed by atoms with Crippen molar-refractivity contribution in [2.75, 3.05) is 24.6 Å². The largest absolute Gasteiger partial charge is 0.375 e. The Morgan fingerprint density at radius 1 is 1.48 bits per heavy atom. The van der Waals surface area contributed by atoms with Gasteiger partial charge < -0.3 is 9.64 Å². The van der Waals surface area contributed by atoms with Crippen LogP contribution in [-0.4, -0.2) is 47.4 Å². The number of carbonyl (C=O) groups is 2. The van der Waals surface area contributed by atoms with Gasteiger partial charge in [-0.3, -0.25) is 14.5 Å². The number of amides is 2. The molecule has 122 valence electrons. The molecule has 0 spiro atoms. The second-order valence-corrected chi connectivity index (χ2v) is 7.92. The standard InChI is InChI=1S/C16H17ClN2O3S/c1-10-9-18(6-7-22-10)15(21)16-5-4-14(20)19(16)12-8-11(17)2-3-13(12)23-16/h2-3,8,10H,4-7,9H2,1H3. The maximum absolute atomic E-state index is 13.3. The van der Waals surface area contributed by atoms with Crippen molar-refractivity contribution in [1.29, 1.82) is 0 Å². The first-order valence-corrected chi connectivity index (χ1v) is 8.93. The summed E-state index contributed by atoms with van der Waals surface area (Å²) < 4.78 is 5.53. The number of anilines is 1. The third kappa shape index (κ3) is 2.27. The van der Waals surface area contributed by atoms with E-state index in [4.69, 9.17) is 16.3 Å². The second kappa shape index (κ2) is 5.40. The molecule has 0 bridgehead atoms. The Labute approximate surface area is 143 Å². The summed E-state index contributed by atoms with van der Waals surface area (Å²) in [6.07, 6.45) is 0.954. The molecule has 0 radical (unpaired) electrons. The number of ether oxygens (including phenoxy) is 1. The van der Waals surface area contributed by atoms with E-state index in [2.05, 4.69) is 0 Å². The predicted octanol–water partition coefficient (Wildman–Crippen LogP) is 2.52. The number of benzene rings is 1. The first-order valence-electron chi connectivity index (χ1n) is 7.74. The van der Waals surface area contributed by atoms with Gasteiger partial charge in [-0.25, -0.2) is 0 Å². The smallest absolute Gasteiger partial charge is 0.260 e. The highest BCUT2D eigenvalue weighted by atomic mass is 35.5. The molecule has 0 aromatic heterocycles. The van der Waals surface area contributed by atoms with E-state index in [1.165, 1.54) is 11.8 Å². The van der Waals surface area contributed by atoms with Crippen LogP contribution in [0.15, 0.2) is 23.1 Å². The molecule has 2 atom stereocenters. The monoisotopic (exact) mass is 352 g/mol. The fraction of sp³-hybridized carbons (Fsp3) is 0.500. The van der Waals surface area contributed by atoms with Crippen molar-refractivity contribution in [3.8, 4) is 0 Å². The highest BCUT2D eigenvalue weighted by molar-refractivity contribution is 8.02. The second-order valence-electron chi connectivity index (χ2n) is 6.16. The minimum atomic E-state index is -0.846. The van der Waals surface area contributed by atoms with Crippen LogP contribution in [0.3, 0.4) is 0 Å². The molecule has 1 aromatic carbocycles. The molecule has 3 aliphatic rings. The molecule has 5 nitrogen and oxygen atoms in total. The van der Waals surface area contributed by atoms with Crippen LogP contribution in [0, 0.1) is 0 Å². The number of hydrogen-bond donors (Lipinski definition) is 0. The van der Waals surface area contributed by atoms with E-state index in [1.807, 2.05) is 17.9 Å². The third-order valence-corrected chi connectivity index (χ3v) is 6.29. The van der Waals surface area contributed by atoms with Gasteiger partial charge in [0, 0.05) is 29.4 Å². The minimum Gasteiger partial charge on any atom is -0.375 e. The molecule has 7 heteroatoms. The van der Waals surface area contributed by atoms with E-state index in [-0.39, 0.29) is 17.9 Å². The Morgan fingerprint density at radius 2 is 2.30 bits per heavy atom. The van der Waals surface area contributed by atoms with Gasteiger partial charge in [0.2, 0.25) is 5.91 Å². The lowest BCUT2D eigenvalue weighted by atomic mass is 10.1. The number of thioether (sulfide) groups is 1. The normalized spacial score (nSPS) is 29.7. The number of halogens is 1. The maximum atomic E-state index is 13.3. The van der Waals surface area contributed by atoms with Gasteiger partial charge in [0.25, 0.3) is 5.91 Å². The first-order chi connectivity index (χ1) is 11.0. The zero-order valence-corrected chi connectivity index (χ0v) is 14.3. The van der Waals surface area contributed by atoms with Crippen molar-refractivity contribution in [3.05, 3.63) is 23.2 Å². The fourth-order valence-corrected chi connectivity index (χ4v) is 5.19. The van der Waals surface area contributed by atoms with Crippen molar-refractivity contribution in [3.63, 3.8) is 0 Å². The van der Waals surface area contributed by atoms with E-state index in [0.717, 1.165) is 10.6 Å². The number of fused-ring (bicyclic) bond motifs is 3. The molecule has 0 N–H and O–H groups in total. The number of morpholine rings is 1. The molecule has 2 unspecified atom stereocenters. The van der Waals surface area contributed by atoms with Crippen LogP contribution in [0.25, 0.3) is 0 Å². The SMILES string of the molecule is CC1CN(C(=O)C23CCC(=O)N2c2cc(Cl)ccc2S3)CCO1. The molecule has 4 rings (SSSR count). The lowest BCUT2D eigenvalue weighted by molar-refractivity contribution is -0.140. The molecule has 1 aromatic rings. The predicted molar refractivity (Wildman–Crippen MR) is 88.8 cm³/mol. The zero-order chi connectivity index (χ0) is 16.2. The quantitative estimate of drug-likeness (QED) is 0.779. The molecular weight excluding hydrogens is 336 g/mol. The Balaban J connectivity index is 1.72. The summed E-state index contributed by atoms with van der Waals surface area (Å²) in [5.74, 6) is 0.00370. The molecule has 3 heterocycles. The first kappa shape index (κ1) is 15.3. The lowest BCUT2D eigenvalue weighted by Crippen LogP contribution is -2.57. The van der Waals surface area contributed by atoms with Crippen molar-refractivity contribution >= 4 is 40.9 Å². The van der Waals surface area contributed by atoms with E-state index in [0.29, 0.717) is 37.6 Å². The van der Waals surface area contributed by atoms with Gasteiger partial charge in [-0.15, -0.1) is 0 Å². The van der Waals surface area contributed by atoms with Crippen LogP contribution < -0.4 is 4.90 Å². The van der Waals surface area contributed by atoms with Gasteiger partial charge >= 0.3 is 0 Å². The van der Waals surface area contributed by atoms with Crippen LogP contribution >= 0.6 is 23.4 Å². The average Bonchev–Trinajstić information content (AvgIpc) is 3.03. The summed E-state index contributed by atoms with van der Waals surface area (Å²) in [6, 6.07) is 5.48. The van der Waals surface area contributed by atoms with Gasteiger partial charge in [0.1, 0.15) is 0 Å². The highest BCUT2D eigenvalue weighted by Gasteiger charge is 2.58. The zero-order valence-electron chi connectivity index (χ0n) is 12.8. The van der Waals surface area contributed by atoms with Crippen LogP contribution in [0.2, 0.25) is 5.02 Å². The summed E-state index contributed by atoms with van der Waals surface area (Å²) in [7, 11) is 0. The third-order valence-electron chi connectivity index (χ3n) is 4.59. The summed E-state index contributed by atoms with van der Waals surface area (Å²) in [6.45, 7) is 3.65. The van der Waals surface area contributed by atoms with Crippen LogP contribution in [0.1, 0.15) is 19.8 Å². The summed E-state index contributed by atoms with van der Waals surface area (Å²) in [5.41, 5.74) is 0.764. The Morgan fingerprint density at radius 3 is 3.09 bits per heavy atom. The molecule has 2 saturated heterocycles. The molecule has 3 aliphatic heterocycles. The minimum absolute atomic E-state index is 0.00632. The molecule has 2 fully saturated rings. The Hall–Kier alpha value is -1.24. The van der Waals surface area contributed by atoms with Crippen molar-refractivity contribution in [1.82, 2.24) is 4.90 Å². The number of rotatable bonds is 1. The van der Waals surface area contributed by atoms with Gasteiger partial charge in [0.15, 0.2) is 4.87 Å². The lowest BCUT2D eigenvalue weighted by Gasteiger charge is -2.38. The van der Waals surface area contributed by atoms with E-state index >= 15 is 0 Å². The van der Waals surface area contributed by atoms with Gasteiger partial charge in [0.05, 0.1) is 18.4 Å². The van der Waals surface area contributed by atoms with E-state index < -0.39 is 4.87 Å². The summed E-state index contributed by atoms with van der Waals surface area (Å²) in [5, 5.41) is 0.576. The van der Waals surface area contributed by atoms with Crippen molar-refractivity contribution < 1.29 is 14.3 Å². The topological polar surface area (TPSA) is 49.9 Å². The Kier molecular flexibility index (Phi) is 3.59. The van der Waals surface area contributed by atoms with E-state index in [1.54, 1.807) is 17.0 Å². The van der Waals surface area contributed by atoms with Crippen LogP contribution in [-0.2, 0) is 14.3 Å². The average molecular weight is 353 g/mol. The van der Waals surface area contributed by atoms with Gasteiger partial charge in [-0.1, -0.05) is 23.4 Å². The number of nitrogens with zero attached hydrogens (tertiary/aromatic N) is 2. The molecule has 0 saturated carbocycles. The number of carbonyl (C=O) groups excluding carboxylic acids is 2. The Bertz CT molecular complexity index is 698. The molecule has 0 aliphatic carbocycles. The van der Waals surface area contributed by atoms with Crippen LogP contribution in [0.4, 0.5) is 5.69 Å². The van der Waals surface area contributed by atoms with Crippen molar-refractivity contribution in [2.45, 2.75) is 35.6 Å². The fourth-order valence-electron chi connectivity index (χ4n) is 3.56. The van der Waals surface area contributed by atoms with Gasteiger partial charge in [-0.2, -0.15) is 0 Å². The van der Waals surface area contributed by atoms with Crippen LogP contribution in [0.5, 0.6) is 0 Å². The van der Waals surface area contributed by atoms with Crippen molar-refractivity contribution in [2.24, 2.45) is 0 Å². The maximum Gasteiger partial charge on any atom is 0.260 e. The molecular formula is C16H17ClN2O3S. The number of hydrogen-bond acceptors (Lipinski definition) is 4. The highest BCUT2D eigenvalue weighted by Crippen LogP contribution is 2.57. The van der Waals surface area contributed by atoms with E-state index in [9.17, 15) is 9.59 Å².